The molecule has 2 N–H and O–H groups in total. The first-order valence-corrected chi connectivity index (χ1v) is 7.52. The third-order valence-electron chi connectivity index (χ3n) is 3.22. The molecule has 0 unspecified atom stereocenters. The lowest BCUT2D eigenvalue weighted by atomic mass is 10.3. The highest BCUT2D eigenvalue weighted by atomic mass is 32.1. The number of rotatable bonds is 5. The third kappa shape index (κ3) is 2.84. The zero-order valence-corrected chi connectivity index (χ0v) is 12.2. The topological polar surface area (TPSA) is 55.3 Å². The summed E-state index contributed by atoms with van der Waals surface area (Å²) in [7, 11) is 0. The predicted molar refractivity (Wildman–Crippen MR) is 82.5 cm³/mol. The van der Waals surface area contributed by atoms with E-state index in [1.165, 1.54) is 4.88 Å². The Labute approximate surface area is 121 Å². The fraction of sp³-hybridized carbons (Fsp3) is 0.267. The molecule has 3 rings (SSSR count). The van der Waals surface area contributed by atoms with Crippen molar-refractivity contribution in [2.24, 2.45) is 0 Å². The summed E-state index contributed by atoms with van der Waals surface area (Å²) in [6.45, 7) is 4.74. The Morgan fingerprint density at radius 2 is 2.20 bits per heavy atom. The number of hydrogen-bond donors (Lipinski definition) is 1. The van der Waals surface area contributed by atoms with Crippen LogP contribution >= 0.6 is 11.3 Å². The van der Waals surface area contributed by atoms with E-state index in [2.05, 4.69) is 34.3 Å². The van der Waals surface area contributed by atoms with E-state index in [0.29, 0.717) is 12.2 Å². The maximum absolute atomic E-state index is 5.77. The highest BCUT2D eigenvalue weighted by molar-refractivity contribution is 7.09. The SMILES string of the molecule is CCN(Cc1nc2ccc(N)cc2o1)Cc1cccs1. The Balaban J connectivity index is 1.76. The highest BCUT2D eigenvalue weighted by Crippen LogP contribution is 2.20. The summed E-state index contributed by atoms with van der Waals surface area (Å²) >= 11 is 1.77. The van der Waals surface area contributed by atoms with Gasteiger partial charge in [0, 0.05) is 23.2 Å². The Hall–Kier alpha value is -1.85. The summed E-state index contributed by atoms with van der Waals surface area (Å²) in [4.78, 5) is 8.17. The van der Waals surface area contributed by atoms with Gasteiger partial charge >= 0.3 is 0 Å². The minimum absolute atomic E-state index is 0.700. The maximum atomic E-state index is 5.77. The molecule has 2 heterocycles. The Kier molecular flexibility index (Phi) is 3.71. The molecule has 20 heavy (non-hydrogen) atoms. The van der Waals surface area contributed by atoms with E-state index >= 15 is 0 Å². The molecule has 0 bridgehead atoms. The number of nitrogen functional groups attached to an aromatic ring is 1. The van der Waals surface area contributed by atoms with Crippen molar-refractivity contribution < 1.29 is 4.42 Å². The Morgan fingerprint density at radius 3 is 2.95 bits per heavy atom. The number of fused-ring (bicyclic) bond motifs is 1. The highest BCUT2D eigenvalue weighted by Gasteiger charge is 2.11. The molecule has 0 aliphatic rings. The van der Waals surface area contributed by atoms with E-state index in [1.54, 1.807) is 11.3 Å². The van der Waals surface area contributed by atoms with E-state index in [-0.39, 0.29) is 0 Å². The minimum Gasteiger partial charge on any atom is -0.439 e. The Morgan fingerprint density at radius 1 is 1.30 bits per heavy atom. The van der Waals surface area contributed by atoms with Crippen LogP contribution in [0.1, 0.15) is 17.7 Å². The predicted octanol–water partition coefficient (Wildman–Crippen LogP) is 3.49. The van der Waals surface area contributed by atoms with Gasteiger partial charge in [-0.05, 0) is 30.1 Å². The quantitative estimate of drug-likeness (QED) is 0.730. The fourth-order valence-electron chi connectivity index (χ4n) is 2.15. The van der Waals surface area contributed by atoms with Gasteiger partial charge in [-0.25, -0.2) is 4.98 Å². The molecule has 0 atom stereocenters. The molecule has 0 amide bonds. The number of nitrogens with two attached hydrogens (primary N) is 1. The minimum atomic E-state index is 0.700. The van der Waals surface area contributed by atoms with Crippen LogP contribution in [0.25, 0.3) is 11.1 Å². The van der Waals surface area contributed by atoms with Gasteiger partial charge in [-0.15, -0.1) is 11.3 Å². The first kappa shape index (κ1) is 13.1. The van der Waals surface area contributed by atoms with Crippen LogP contribution in [0.3, 0.4) is 0 Å². The second kappa shape index (κ2) is 5.64. The lowest BCUT2D eigenvalue weighted by Crippen LogP contribution is -2.21. The van der Waals surface area contributed by atoms with Crippen molar-refractivity contribution in [1.29, 1.82) is 0 Å². The van der Waals surface area contributed by atoms with E-state index in [1.807, 2.05) is 18.2 Å². The summed E-state index contributed by atoms with van der Waals surface area (Å²) in [5.74, 6) is 0.740. The van der Waals surface area contributed by atoms with Gasteiger partial charge < -0.3 is 10.2 Å². The molecular formula is C15H17N3OS. The normalized spacial score (nSPS) is 11.5. The number of benzene rings is 1. The Bertz CT molecular complexity index is 690. The van der Waals surface area contributed by atoms with Crippen LogP contribution in [0, 0.1) is 0 Å². The van der Waals surface area contributed by atoms with Crippen LogP contribution < -0.4 is 5.73 Å². The van der Waals surface area contributed by atoms with E-state index in [0.717, 1.165) is 30.1 Å². The molecule has 5 heteroatoms. The lowest BCUT2D eigenvalue weighted by Gasteiger charge is -2.17. The van der Waals surface area contributed by atoms with E-state index in [9.17, 15) is 0 Å². The first-order valence-electron chi connectivity index (χ1n) is 6.64. The van der Waals surface area contributed by atoms with Crippen LogP contribution in [0.5, 0.6) is 0 Å². The van der Waals surface area contributed by atoms with Gasteiger partial charge in [-0.3, -0.25) is 4.90 Å². The average molecular weight is 287 g/mol. The van der Waals surface area contributed by atoms with Gasteiger partial charge in [-0.1, -0.05) is 13.0 Å². The third-order valence-corrected chi connectivity index (χ3v) is 4.08. The largest absolute Gasteiger partial charge is 0.439 e. The van der Waals surface area contributed by atoms with Crippen LogP contribution in [0.2, 0.25) is 0 Å². The maximum Gasteiger partial charge on any atom is 0.209 e. The summed E-state index contributed by atoms with van der Waals surface area (Å²) in [5.41, 5.74) is 8.07. The summed E-state index contributed by atoms with van der Waals surface area (Å²) in [5, 5.41) is 2.10. The summed E-state index contributed by atoms with van der Waals surface area (Å²) < 4.78 is 5.77. The van der Waals surface area contributed by atoms with Crippen molar-refractivity contribution in [3.05, 3.63) is 46.5 Å². The molecule has 0 aliphatic carbocycles. The molecule has 0 radical (unpaired) electrons. The molecule has 0 fully saturated rings. The lowest BCUT2D eigenvalue weighted by molar-refractivity contribution is 0.247. The number of hydrogen-bond acceptors (Lipinski definition) is 5. The molecule has 1 aromatic carbocycles. The van der Waals surface area contributed by atoms with Crippen LogP contribution in [0.15, 0.2) is 40.1 Å². The van der Waals surface area contributed by atoms with Crippen LogP contribution in [-0.4, -0.2) is 16.4 Å². The smallest absolute Gasteiger partial charge is 0.209 e. The summed E-state index contributed by atoms with van der Waals surface area (Å²) in [6, 6.07) is 9.79. The molecule has 2 aromatic heterocycles. The van der Waals surface area contributed by atoms with Crippen molar-refractivity contribution >= 4 is 28.1 Å². The van der Waals surface area contributed by atoms with Crippen LogP contribution in [0.4, 0.5) is 5.69 Å². The molecule has 0 saturated heterocycles. The average Bonchev–Trinajstić information content (AvgIpc) is 3.06. The monoisotopic (exact) mass is 287 g/mol. The van der Waals surface area contributed by atoms with Gasteiger partial charge in [0.05, 0.1) is 6.54 Å². The van der Waals surface area contributed by atoms with Crippen molar-refractivity contribution in [2.75, 3.05) is 12.3 Å². The van der Waals surface area contributed by atoms with Crippen molar-refractivity contribution in [1.82, 2.24) is 9.88 Å². The van der Waals surface area contributed by atoms with Crippen molar-refractivity contribution in [3.8, 4) is 0 Å². The number of thiophene rings is 1. The summed E-state index contributed by atoms with van der Waals surface area (Å²) in [6.07, 6.45) is 0. The first-order chi connectivity index (χ1) is 9.74. The van der Waals surface area contributed by atoms with E-state index in [4.69, 9.17) is 10.2 Å². The number of nitrogens with zero attached hydrogens (tertiary/aromatic N) is 2. The molecule has 4 nitrogen and oxygen atoms in total. The second-order valence-corrected chi connectivity index (χ2v) is 5.75. The standard InChI is InChI=1S/C15H17N3OS/c1-2-18(9-12-4-3-7-20-12)10-15-17-13-6-5-11(16)8-14(13)19-15/h3-8H,2,9-10,16H2,1H3. The molecule has 0 spiro atoms. The number of aromatic nitrogens is 1. The van der Waals surface area contributed by atoms with Gasteiger partial charge in [0.15, 0.2) is 5.58 Å². The molecule has 104 valence electrons. The van der Waals surface area contributed by atoms with Gasteiger partial charge in [0.2, 0.25) is 5.89 Å². The van der Waals surface area contributed by atoms with Gasteiger partial charge in [-0.2, -0.15) is 0 Å². The zero-order chi connectivity index (χ0) is 13.9. The number of anilines is 1. The number of oxazole rings is 1. The van der Waals surface area contributed by atoms with Crippen LogP contribution in [-0.2, 0) is 13.1 Å². The molecule has 0 aliphatic heterocycles. The van der Waals surface area contributed by atoms with E-state index < -0.39 is 0 Å². The molecular weight excluding hydrogens is 270 g/mol. The van der Waals surface area contributed by atoms with Crippen molar-refractivity contribution in [3.63, 3.8) is 0 Å². The van der Waals surface area contributed by atoms with Crippen molar-refractivity contribution in [2.45, 2.75) is 20.0 Å². The fourth-order valence-corrected chi connectivity index (χ4v) is 2.90. The molecule has 0 saturated carbocycles. The second-order valence-electron chi connectivity index (χ2n) is 4.72. The van der Waals surface area contributed by atoms with Gasteiger partial charge in [0.1, 0.15) is 5.52 Å². The van der Waals surface area contributed by atoms with Gasteiger partial charge in [0.25, 0.3) is 0 Å². The zero-order valence-electron chi connectivity index (χ0n) is 11.4. The molecule has 3 aromatic rings.